The van der Waals surface area contributed by atoms with Crippen LogP contribution in [0.5, 0.6) is 0 Å². The van der Waals surface area contributed by atoms with E-state index >= 15 is 0 Å². The summed E-state index contributed by atoms with van der Waals surface area (Å²) in [6.45, 7) is 2.33. The van der Waals surface area contributed by atoms with E-state index in [9.17, 15) is 24.0 Å². The number of carboxylic acid groups (broad SMARTS) is 1. The number of rotatable bonds is 10. The van der Waals surface area contributed by atoms with Crippen LogP contribution in [0.2, 0.25) is 0 Å². The standard InChI is InChI=1S/C12H23N3O4.C4H3NO2/c1-2-3-4-7-10(16)15-9(11(17)18)6-5-8-14-12(13)19;6-3-1-2-4(7)5-3/h9H,2-8H2,1H3,(H,15,16)(H,17,18)(H3,13,14,19);1-2H,(H,5,6,7). The number of unbranched alkanes of at least 4 members (excludes halogenated alkanes) is 2. The van der Waals surface area contributed by atoms with Gasteiger partial charge in [-0.05, 0) is 19.3 Å². The van der Waals surface area contributed by atoms with Crippen molar-refractivity contribution in [3.05, 3.63) is 12.2 Å². The van der Waals surface area contributed by atoms with Crippen molar-refractivity contribution in [3.63, 3.8) is 0 Å². The summed E-state index contributed by atoms with van der Waals surface area (Å²) in [6, 6.07) is -1.56. The van der Waals surface area contributed by atoms with Gasteiger partial charge >= 0.3 is 12.0 Å². The minimum atomic E-state index is -1.07. The zero-order valence-corrected chi connectivity index (χ0v) is 14.7. The van der Waals surface area contributed by atoms with Crippen LogP contribution in [0.4, 0.5) is 4.79 Å². The first-order valence-corrected chi connectivity index (χ1v) is 8.34. The van der Waals surface area contributed by atoms with Gasteiger partial charge in [-0.3, -0.25) is 19.7 Å². The first-order chi connectivity index (χ1) is 12.3. The Morgan fingerprint density at radius 2 is 1.77 bits per heavy atom. The van der Waals surface area contributed by atoms with Crippen LogP contribution in [0.3, 0.4) is 0 Å². The molecule has 1 atom stereocenters. The number of urea groups is 1. The van der Waals surface area contributed by atoms with E-state index in [0.717, 1.165) is 19.3 Å². The van der Waals surface area contributed by atoms with Gasteiger partial charge in [0.05, 0.1) is 0 Å². The Kier molecular flexibility index (Phi) is 11.9. The Bertz CT molecular complexity index is 531. The van der Waals surface area contributed by atoms with Crippen LogP contribution in [0.15, 0.2) is 12.2 Å². The largest absolute Gasteiger partial charge is 0.480 e. The van der Waals surface area contributed by atoms with E-state index in [-0.39, 0.29) is 24.1 Å². The van der Waals surface area contributed by atoms with Gasteiger partial charge < -0.3 is 21.5 Å². The SMILES string of the molecule is CCCCCC(=O)NC(CCCNC(N)=O)C(=O)O.O=C1C=CC(=O)N1. The molecule has 5 amide bonds. The molecule has 0 aromatic rings. The molecule has 0 saturated heterocycles. The molecule has 6 N–H and O–H groups in total. The maximum Gasteiger partial charge on any atom is 0.326 e. The maximum absolute atomic E-state index is 11.5. The first-order valence-electron chi connectivity index (χ1n) is 8.34. The van der Waals surface area contributed by atoms with Gasteiger partial charge in [0, 0.05) is 25.1 Å². The summed E-state index contributed by atoms with van der Waals surface area (Å²) in [5.41, 5.74) is 4.88. The molecule has 1 aliphatic heterocycles. The van der Waals surface area contributed by atoms with Crippen molar-refractivity contribution in [1.82, 2.24) is 16.0 Å². The lowest BCUT2D eigenvalue weighted by atomic mass is 10.1. The summed E-state index contributed by atoms with van der Waals surface area (Å²) in [4.78, 5) is 53.0. The predicted molar refractivity (Wildman–Crippen MR) is 92.8 cm³/mol. The average Bonchev–Trinajstić information content (AvgIpc) is 2.94. The lowest BCUT2D eigenvalue weighted by Crippen LogP contribution is -2.41. The molecule has 0 aliphatic carbocycles. The highest BCUT2D eigenvalue weighted by Crippen LogP contribution is 2.02. The van der Waals surface area contributed by atoms with Gasteiger partial charge in [0.1, 0.15) is 6.04 Å². The lowest BCUT2D eigenvalue weighted by molar-refractivity contribution is -0.142. The summed E-state index contributed by atoms with van der Waals surface area (Å²) in [5.74, 6) is -1.97. The number of carboxylic acids is 1. The van der Waals surface area contributed by atoms with E-state index in [1.807, 2.05) is 12.2 Å². The molecule has 1 heterocycles. The normalized spacial score (nSPS) is 13.3. The number of primary amides is 1. The fraction of sp³-hybridized carbons (Fsp3) is 0.562. The number of aliphatic carboxylic acids is 1. The molecule has 10 nitrogen and oxygen atoms in total. The van der Waals surface area contributed by atoms with E-state index in [1.54, 1.807) is 0 Å². The third kappa shape index (κ3) is 12.5. The predicted octanol–water partition coefficient (Wildman–Crippen LogP) is -0.216. The lowest BCUT2D eigenvalue weighted by Gasteiger charge is -2.14. The van der Waals surface area contributed by atoms with Gasteiger partial charge in [-0.25, -0.2) is 9.59 Å². The number of nitrogens with two attached hydrogens (primary N) is 1. The van der Waals surface area contributed by atoms with E-state index in [2.05, 4.69) is 10.6 Å². The number of hydrogen-bond donors (Lipinski definition) is 5. The third-order valence-electron chi connectivity index (χ3n) is 3.24. The van der Waals surface area contributed by atoms with Gasteiger partial charge in [-0.15, -0.1) is 0 Å². The Morgan fingerprint density at radius 3 is 2.19 bits per heavy atom. The summed E-state index contributed by atoms with van der Waals surface area (Å²) in [6.07, 6.45) is 6.16. The van der Waals surface area contributed by atoms with Crippen molar-refractivity contribution >= 4 is 29.7 Å². The summed E-state index contributed by atoms with van der Waals surface area (Å²) in [7, 11) is 0. The van der Waals surface area contributed by atoms with Crippen LogP contribution < -0.4 is 21.7 Å². The van der Waals surface area contributed by atoms with E-state index in [0.29, 0.717) is 19.4 Å². The quantitative estimate of drug-likeness (QED) is 0.263. The number of hydrogen-bond acceptors (Lipinski definition) is 5. The molecule has 0 radical (unpaired) electrons. The zero-order valence-electron chi connectivity index (χ0n) is 14.7. The van der Waals surface area contributed by atoms with Crippen molar-refractivity contribution < 1.29 is 29.1 Å². The van der Waals surface area contributed by atoms with Crippen LogP contribution in [0, 0.1) is 0 Å². The van der Waals surface area contributed by atoms with Gasteiger partial charge in [-0.2, -0.15) is 0 Å². The molecule has 146 valence electrons. The second kappa shape index (κ2) is 13.4. The van der Waals surface area contributed by atoms with Crippen LogP contribution in [0.1, 0.15) is 45.4 Å². The molecule has 1 rings (SSSR count). The molecule has 0 aromatic heterocycles. The van der Waals surface area contributed by atoms with Crippen molar-refractivity contribution in [2.24, 2.45) is 5.73 Å². The van der Waals surface area contributed by atoms with Crippen molar-refractivity contribution in [3.8, 4) is 0 Å². The van der Waals surface area contributed by atoms with Crippen LogP contribution in [0.25, 0.3) is 0 Å². The highest BCUT2D eigenvalue weighted by atomic mass is 16.4. The molecule has 0 spiro atoms. The zero-order chi connectivity index (χ0) is 19.9. The second-order valence-corrected chi connectivity index (χ2v) is 5.54. The van der Waals surface area contributed by atoms with E-state index in [1.165, 1.54) is 12.2 Å². The summed E-state index contributed by atoms with van der Waals surface area (Å²) in [5, 5.41) is 15.9. The molecule has 1 unspecified atom stereocenters. The van der Waals surface area contributed by atoms with Crippen LogP contribution in [-0.2, 0) is 19.2 Å². The van der Waals surface area contributed by atoms with Gasteiger partial charge in [0.2, 0.25) is 5.91 Å². The second-order valence-electron chi connectivity index (χ2n) is 5.54. The topological polar surface area (TPSA) is 168 Å². The van der Waals surface area contributed by atoms with Crippen molar-refractivity contribution in [2.45, 2.75) is 51.5 Å². The average molecular weight is 370 g/mol. The number of nitrogens with one attached hydrogen (secondary N) is 3. The highest BCUT2D eigenvalue weighted by Gasteiger charge is 2.19. The van der Waals surface area contributed by atoms with Crippen molar-refractivity contribution in [2.75, 3.05) is 6.54 Å². The van der Waals surface area contributed by atoms with E-state index < -0.39 is 18.0 Å². The smallest absolute Gasteiger partial charge is 0.326 e. The van der Waals surface area contributed by atoms with Gasteiger partial charge in [-0.1, -0.05) is 19.8 Å². The summed E-state index contributed by atoms with van der Waals surface area (Å²) >= 11 is 0. The minimum absolute atomic E-state index is 0.247. The molecule has 1 aliphatic rings. The molecule has 0 bridgehead atoms. The monoisotopic (exact) mass is 370 g/mol. The number of imide groups is 1. The third-order valence-corrected chi connectivity index (χ3v) is 3.24. The molecule has 10 heteroatoms. The molecular weight excluding hydrogens is 344 g/mol. The molecule has 0 saturated carbocycles. The van der Waals surface area contributed by atoms with Crippen LogP contribution in [-0.4, -0.2) is 47.4 Å². The van der Waals surface area contributed by atoms with E-state index in [4.69, 9.17) is 10.8 Å². The van der Waals surface area contributed by atoms with Gasteiger partial charge in [0.15, 0.2) is 0 Å². The first kappa shape index (κ1) is 23.1. The minimum Gasteiger partial charge on any atom is -0.480 e. The molecule has 26 heavy (non-hydrogen) atoms. The number of carbonyl (C=O) groups is 5. The fourth-order valence-corrected chi connectivity index (χ4v) is 1.93. The molecule has 0 fully saturated rings. The Morgan fingerprint density at radius 1 is 1.15 bits per heavy atom. The summed E-state index contributed by atoms with van der Waals surface area (Å²) < 4.78 is 0. The van der Waals surface area contributed by atoms with Crippen molar-refractivity contribution in [1.29, 1.82) is 0 Å². The Hall–Kier alpha value is -2.91. The Balaban J connectivity index is 0.000000735. The molecule has 0 aromatic carbocycles. The highest BCUT2D eigenvalue weighted by molar-refractivity contribution is 6.12. The maximum atomic E-state index is 11.5. The van der Waals surface area contributed by atoms with Gasteiger partial charge in [0.25, 0.3) is 11.8 Å². The molecular formula is C16H26N4O6. The number of amides is 5. The fourth-order valence-electron chi connectivity index (χ4n) is 1.93. The number of carbonyl (C=O) groups excluding carboxylic acids is 4. The van der Waals surface area contributed by atoms with Crippen LogP contribution >= 0.6 is 0 Å². The Labute approximate surface area is 151 Å².